The molecule has 0 spiro atoms. The molecule has 0 amide bonds. The Balaban J connectivity index is 1.25. The summed E-state index contributed by atoms with van der Waals surface area (Å²) in [6.45, 7) is 4.20. The molecule has 6 nitrogen and oxygen atoms in total. The second kappa shape index (κ2) is 7.39. The number of fused-ring (bicyclic) bond motifs is 1. The summed E-state index contributed by atoms with van der Waals surface area (Å²) in [7, 11) is 0. The topological polar surface area (TPSA) is 60.9 Å². The molecular formula is C20H26F2N6. The molecule has 8 heteroatoms. The van der Waals surface area contributed by atoms with Gasteiger partial charge in [-0.25, -0.2) is 18.7 Å². The summed E-state index contributed by atoms with van der Waals surface area (Å²) in [5.74, 6) is 1.52. The highest BCUT2D eigenvalue weighted by atomic mass is 19.3. The minimum Gasteiger partial charge on any atom is -0.354 e. The van der Waals surface area contributed by atoms with E-state index in [9.17, 15) is 8.78 Å². The van der Waals surface area contributed by atoms with Gasteiger partial charge in [-0.05, 0) is 44.1 Å². The van der Waals surface area contributed by atoms with Gasteiger partial charge in [0.1, 0.15) is 17.3 Å². The predicted octanol–water partition coefficient (Wildman–Crippen LogP) is 3.22. The first-order valence-electron chi connectivity index (χ1n) is 10.4. The Labute approximate surface area is 163 Å². The second-order valence-electron chi connectivity index (χ2n) is 8.18. The van der Waals surface area contributed by atoms with Gasteiger partial charge in [0.15, 0.2) is 0 Å². The number of aromatic nitrogens is 4. The number of piperazine rings is 1. The van der Waals surface area contributed by atoms with Crippen molar-refractivity contribution in [3.05, 3.63) is 34.5 Å². The van der Waals surface area contributed by atoms with Gasteiger partial charge in [0.2, 0.25) is 0 Å². The zero-order chi connectivity index (χ0) is 19.1. The average Bonchev–Trinajstić information content (AvgIpc) is 3.50. The Morgan fingerprint density at radius 3 is 2.61 bits per heavy atom. The normalized spacial score (nSPS) is 20.6. The molecule has 0 aromatic carbocycles. The predicted molar refractivity (Wildman–Crippen MR) is 102 cm³/mol. The molecule has 5 rings (SSSR count). The van der Waals surface area contributed by atoms with Crippen LogP contribution in [0.4, 0.5) is 14.6 Å². The molecule has 0 atom stereocenters. The summed E-state index contributed by atoms with van der Waals surface area (Å²) in [6, 6.07) is 1.47. The van der Waals surface area contributed by atoms with E-state index in [2.05, 4.69) is 30.0 Å². The lowest BCUT2D eigenvalue weighted by Gasteiger charge is -2.35. The first kappa shape index (κ1) is 18.0. The van der Waals surface area contributed by atoms with Crippen molar-refractivity contribution in [1.29, 1.82) is 0 Å². The number of rotatable bonds is 5. The largest absolute Gasteiger partial charge is 0.354 e. The Kier molecular flexibility index (Phi) is 4.74. The smallest absolute Gasteiger partial charge is 0.280 e. The van der Waals surface area contributed by atoms with Gasteiger partial charge in [0.25, 0.3) is 6.43 Å². The summed E-state index contributed by atoms with van der Waals surface area (Å²) in [5.41, 5.74) is 3.77. The Hall–Kier alpha value is -2.09. The van der Waals surface area contributed by atoms with Gasteiger partial charge in [-0.3, -0.25) is 10.00 Å². The maximum absolute atomic E-state index is 13.3. The van der Waals surface area contributed by atoms with Crippen LogP contribution in [0, 0.1) is 0 Å². The molecule has 1 saturated carbocycles. The molecule has 3 aliphatic rings. The van der Waals surface area contributed by atoms with Crippen LogP contribution in [0.3, 0.4) is 0 Å². The van der Waals surface area contributed by atoms with E-state index in [0.717, 1.165) is 58.4 Å². The molecule has 0 bridgehead atoms. The van der Waals surface area contributed by atoms with Crippen LogP contribution in [0.25, 0.3) is 0 Å². The minimum atomic E-state index is -2.55. The third kappa shape index (κ3) is 3.62. The van der Waals surface area contributed by atoms with E-state index in [-0.39, 0.29) is 11.6 Å². The SMILES string of the molecule is FC(F)c1cc(N2CCN(Cc3n[nH]c4c3CCCC4)CC2)nc(C2CC2)n1. The molecule has 2 fully saturated rings. The molecule has 2 aliphatic carbocycles. The highest BCUT2D eigenvalue weighted by molar-refractivity contribution is 5.41. The van der Waals surface area contributed by atoms with Crippen molar-refractivity contribution in [1.82, 2.24) is 25.1 Å². The maximum atomic E-state index is 13.3. The first-order chi connectivity index (χ1) is 13.7. The standard InChI is InChI=1S/C20H26F2N6/c21-19(22)16-11-18(24-20(23-16)13-5-6-13)28-9-7-27(8-10-28)12-17-14-3-1-2-4-15(14)25-26-17/h11,13,19H,1-10,12H2,(H,25,26). The molecule has 150 valence electrons. The van der Waals surface area contributed by atoms with Gasteiger partial charge in [-0.15, -0.1) is 0 Å². The van der Waals surface area contributed by atoms with Crippen molar-refractivity contribution in [2.45, 2.75) is 57.4 Å². The van der Waals surface area contributed by atoms with E-state index < -0.39 is 6.43 Å². The van der Waals surface area contributed by atoms with E-state index >= 15 is 0 Å². The summed E-state index contributed by atoms with van der Waals surface area (Å²) in [6.07, 6.45) is 4.20. The fraction of sp³-hybridized carbons (Fsp3) is 0.650. The fourth-order valence-electron chi connectivity index (χ4n) is 4.30. The lowest BCUT2D eigenvalue weighted by Crippen LogP contribution is -2.46. The van der Waals surface area contributed by atoms with E-state index in [1.807, 2.05) is 0 Å². The Morgan fingerprint density at radius 1 is 1.07 bits per heavy atom. The van der Waals surface area contributed by atoms with Crippen molar-refractivity contribution >= 4 is 5.82 Å². The fourth-order valence-corrected chi connectivity index (χ4v) is 4.30. The quantitative estimate of drug-likeness (QED) is 0.852. The van der Waals surface area contributed by atoms with Crippen LogP contribution in [-0.4, -0.2) is 51.2 Å². The van der Waals surface area contributed by atoms with Gasteiger partial charge in [0.05, 0.1) is 5.69 Å². The maximum Gasteiger partial charge on any atom is 0.280 e. The number of nitrogens with zero attached hydrogens (tertiary/aromatic N) is 5. The minimum absolute atomic E-state index is 0.141. The van der Waals surface area contributed by atoms with Crippen LogP contribution in [0.1, 0.15) is 66.5 Å². The Morgan fingerprint density at radius 2 is 1.86 bits per heavy atom. The van der Waals surface area contributed by atoms with E-state index in [1.165, 1.54) is 35.9 Å². The van der Waals surface area contributed by atoms with Gasteiger partial charge in [-0.2, -0.15) is 5.10 Å². The first-order valence-corrected chi connectivity index (χ1v) is 10.4. The molecule has 2 aromatic heterocycles. The van der Waals surface area contributed by atoms with Crippen molar-refractivity contribution in [2.24, 2.45) is 0 Å². The van der Waals surface area contributed by atoms with Gasteiger partial charge >= 0.3 is 0 Å². The number of H-pyrrole nitrogens is 1. The summed E-state index contributed by atoms with van der Waals surface area (Å²) in [4.78, 5) is 13.2. The van der Waals surface area contributed by atoms with E-state index in [1.54, 1.807) is 0 Å². The van der Waals surface area contributed by atoms with Crippen molar-refractivity contribution in [3.63, 3.8) is 0 Å². The van der Waals surface area contributed by atoms with Crippen LogP contribution in [0.15, 0.2) is 6.07 Å². The van der Waals surface area contributed by atoms with E-state index in [0.29, 0.717) is 11.6 Å². The third-order valence-electron chi connectivity index (χ3n) is 6.13. The molecule has 0 unspecified atom stereocenters. The van der Waals surface area contributed by atoms with Crippen LogP contribution in [0.2, 0.25) is 0 Å². The number of hydrogen-bond donors (Lipinski definition) is 1. The molecule has 1 saturated heterocycles. The summed E-state index contributed by atoms with van der Waals surface area (Å²) >= 11 is 0. The molecule has 28 heavy (non-hydrogen) atoms. The zero-order valence-electron chi connectivity index (χ0n) is 16.0. The van der Waals surface area contributed by atoms with Crippen molar-refractivity contribution < 1.29 is 8.78 Å². The molecule has 1 aliphatic heterocycles. The number of halogens is 2. The lowest BCUT2D eigenvalue weighted by molar-refractivity contribution is 0.145. The van der Waals surface area contributed by atoms with Crippen molar-refractivity contribution in [3.8, 4) is 0 Å². The lowest BCUT2D eigenvalue weighted by atomic mass is 9.96. The number of nitrogens with one attached hydrogen (secondary N) is 1. The molecule has 1 N–H and O–H groups in total. The van der Waals surface area contributed by atoms with Crippen LogP contribution in [0.5, 0.6) is 0 Å². The van der Waals surface area contributed by atoms with Crippen molar-refractivity contribution in [2.75, 3.05) is 31.1 Å². The zero-order valence-corrected chi connectivity index (χ0v) is 16.0. The number of anilines is 1. The second-order valence-corrected chi connectivity index (χ2v) is 8.18. The van der Waals surface area contributed by atoms with Gasteiger partial charge in [0, 0.05) is 50.4 Å². The van der Waals surface area contributed by atoms with Gasteiger partial charge in [-0.1, -0.05) is 0 Å². The number of aryl methyl sites for hydroxylation is 1. The average molecular weight is 388 g/mol. The molecule has 2 aromatic rings. The molecule has 3 heterocycles. The summed E-state index contributed by atoms with van der Waals surface area (Å²) in [5, 5.41) is 7.77. The number of hydrogen-bond acceptors (Lipinski definition) is 5. The molecule has 0 radical (unpaired) electrons. The van der Waals surface area contributed by atoms with Crippen LogP contribution in [-0.2, 0) is 19.4 Å². The highest BCUT2D eigenvalue weighted by Crippen LogP contribution is 2.39. The summed E-state index contributed by atoms with van der Waals surface area (Å²) < 4.78 is 26.5. The monoisotopic (exact) mass is 388 g/mol. The third-order valence-corrected chi connectivity index (χ3v) is 6.13. The molecular weight excluding hydrogens is 362 g/mol. The highest BCUT2D eigenvalue weighted by Gasteiger charge is 2.30. The Bertz CT molecular complexity index is 819. The number of alkyl halides is 2. The van der Waals surface area contributed by atoms with Crippen LogP contribution >= 0.6 is 0 Å². The van der Waals surface area contributed by atoms with E-state index in [4.69, 9.17) is 0 Å². The number of aromatic amines is 1. The van der Waals surface area contributed by atoms with Crippen LogP contribution < -0.4 is 4.90 Å². The van der Waals surface area contributed by atoms with Gasteiger partial charge < -0.3 is 4.90 Å².